The molecule has 1 aromatic heterocycles. The lowest BCUT2D eigenvalue weighted by molar-refractivity contribution is -0.253. The molecule has 24 heavy (non-hydrogen) atoms. The van der Waals surface area contributed by atoms with E-state index in [1.807, 2.05) is 5.43 Å². The van der Waals surface area contributed by atoms with Gasteiger partial charge in [-0.25, -0.2) is 0 Å². The minimum absolute atomic E-state index is 0.400. The monoisotopic (exact) mass is 364 g/mol. The summed E-state index contributed by atoms with van der Waals surface area (Å²) in [5.74, 6) is -1.16. The van der Waals surface area contributed by atoms with E-state index in [0.717, 1.165) is 29.7 Å². The summed E-state index contributed by atoms with van der Waals surface area (Å²) in [6, 6.07) is 1.75. The van der Waals surface area contributed by atoms with Gasteiger partial charge < -0.3 is 5.11 Å². The van der Waals surface area contributed by atoms with Gasteiger partial charge in [0.05, 0.1) is 11.3 Å². The molecule has 5 nitrogen and oxygen atoms in total. The van der Waals surface area contributed by atoms with Gasteiger partial charge in [0, 0.05) is 4.88 Å². The van der Waals surface area contributed by atoms with E-state index in [4.69, 9.17) is 0 Å². The average molecular weight is 364 g/mol. The fourth-order valence-corrected chi connectivity index (χ4v) is 3.57. The minimum atomic E-state index is -4.93. The molecule has 0 radical (unpaired) electrons. The summed E-state index contributed by atoms with van der Waals surface area (Å²) in [6.07, 6.45) is -3.29. The highest BCUT2D eigenvalue weighted by atomic mass is 32.1. The Morgan fingerprint density at radius 1 is 1.38 bits per heavy atom. The Balaban J connectivity index is 1.91. The maximum atomic E-state index is 12.5. The van der Waals surface area contributed by atoms with Gasteiger partial charge in [-0.1, -0.05) is 6.92 Å². The third kappa shape index (κ3) is 4.27. The van der Waals surface area contributed by atoms with Crippen molar-refractivity contribution in [1.82, 2.24) is 10.9 Å². The van der Waals surface area contributed by atoms with E-state index >= 15 is 0 Å². The first kappa shape index (κ1) is 18.7. The molecule has 0 aromatic carbocycles. The van der Waals surface area contributed by atoms with Gasteiger partial charge in [-0.3, -0.25) is 20.4 Å². The predicted molar refractivity (Wildman–Crippen MR) is 82.4 cm³/mol. The lowest BCUT2D eigenvalue weighted by Crippen LogP contribution is -2.49. The van der Waals surface area contributed by atoms with Crippen LogP contribution in [0.5, 0.6) is 0 Å². The van der Waals surface area contributed by atoms with E-state index < -0.39 is 30.0 Å². The molecule has 9 heteroatoms. The number of hydrogen-bond donors (Lipinski definition) is 3. The Kier molecular flexibility index (Phi) is 5.24. The summed E-state index contributed by atoms with van der Waals surface area (Å²) in [6.45, 7) is 2.63. The van der Waals surface area contributed by atoms with Crippen LogP contribution >= 0.6 is 11.3 Å². The summed E-state index contributed by atoms with van der Waals surface area (Å²) >= 11 is 1.32. The van der Waals surface area contributed by atoms with Gasteiger partial charge in [-0.15, -0.1) is 11.3 Å². The Bertz CT molecular complexity index is 640. The summed E-state index contributed by atoms with van der Waals surface area (Å²) in [5, 5.41) is 9.24. The van der Waals surface area contributed by atoms with Crippen molar-refractivity contribution in [1.29, 1.82) is 0 Å². The van der Waals surface area contributed by atoms with Crippen LogP contribution < -0.4 is 10.9 Å². The van der Waals surface area contributed by atoms with E-state index in [0.29, 0.717) is 17.7 Å². The Hall–Kier alpha value is -1.61. The predicted octanol–water partition coefficient (Wildman–Crippen LogP) is 2.34. The third-order valence-corrected chi connectivity index (χ3v) is 5.22. The van der Waals surface area contributed by atoms with E-state index in [1.54, 1.807) is 6.07 Å². The molecular formula is C15H19F3N2O3S. The molecular weight excluding hydrogens is 345 g/mol. The minimum Gasteiger partial charge on any atom is -0.380 e. The number of halogens is 3. The Morgan fingerprint density at radius 2 is 2.04 bits per heavy atom. The molecule has 0 fully saturated rings. The van der Waals surface area contributed by atoms with Gasteiger partial charge in [0.15, 0.2) is 5.60 Å². The maximum Gasteiger partial charge on any atom is 0.417 e. The van der Waals surface area contributed by atoms with Crippen LogP contribution in [0.1, 0.15) is 46.8 Å². The van der Waals surface area contributed by atoms with Gasteiger partial charge >= 0.3 is 6.18 Å². The standard InChI is InChI=1S/C15H19F3N2O3S/c1-8-3-4-10-9(5-8)6-11(24-10)13(22)20-19-12(21)7-14(2,23)15(16,17)18/h6,8,23H,3-5,7H2,1-2H3,(H,19,21)(H,20,22)/t8-,14-/m1/s1. The first-order valence-corrected chi connectivity index (χ1v) is 8.31. The number of fused-ring (bicyclic) bond motifs is 1. The number of thiophene rings is 1. The van der Waals surface area contributed by atoms with Crippen molar-refractivity contribution >= 4 is 23.2 Å². The van der Waals surface area contributed by atoms with Crippen molar-refractivity contribution in [3.63, 3.8) is 0 Å². The molecule has 2 amide bonds. The molecule has 0 bridgehead atoms. The second-order valence-electron chi connectivity index (χ2n) is 6.36. The smallest absolute Gasteiger partial charge is 0.380 e. The molecule has 0 aliphatic heterocycles. The van der Waals surface area contributed by atoms with Crippen LogP contribution in [0.15, 0.2) is 6.07 Å². The summed E-state index contributed by atoms with van der Waals surface area (Å²) in [4.78, 5) is 25.0. The average Bonchev–Trinajstić information content (AvgIpc) is 2.86. The van der Waals surface area contributed by atoms with Gasteiger partial charge in [0.25, 0.3) is 5.91 Å². The van der Waals surface area contributed by atoms with Gasteiger partial charge in [0.1, 0.15) is 0 Å². The van der Waals surface area contributed by atoms with Crippen LogP contribution in [0.2, 0.25) is 0 Å². The molecule has 1 heterocycles. The van der Waals surface area contributed by atoms with E-state index in [2.05, 4.69) is 12.3 Å². The molecule has 1 aliphatic carbocycles. The SMILES string of the molecule is C[C@@H]1CCc2sc(C(=O)NNC(=O)C[C@@](C)(O)C(F)(F)F)cc2C1. The Morgan fingerprint density at radius 3 is 2.67 bits per heavy atom. The van der Waals surface area contributed by atoms with E-state index in [-0.39, 0.29) is 0 Å². The largest absolute Gasteiger partial charge is 0.417 e. The van der Waals surface area contributed by atoms with Crippen molar-refractivity contribution in [3.8, 4) is 0 Å². The molecule has 0 saturated heterocycles. The number of amides is 2. The zero-order chi connectivity index (χ0) is 18.1. The number of nitrogens with one attached hydrogen (secondary N) is 2. The maximum absolute atomic E-state index is 12.5. The second-order valence-corrected chi connectivity index (χ2v) is 7.49. The molecule has 2 rings (SSSR count). The number of carbonyl (C=O) groups is 2. The fraction of sp³-hybridized carbons (Fsp3) is 0.600. The quantitative estimate of drug-likeness (QED) is 0.721. The van der Waals surface area contributed by atoms with Crippen molar-refractivity contribution in [2.24, 2.45) is 5.92 Å². The molecule has 0 spiro atoms. The zero-order valence-corrected chi connectivity index (χ0v) is 14.1. The van der Waals surface area contributed by atoms with E-state index in [9.17, 15) is 27.9 Å². The summed E-state index contributed by atoms with van der Waals surface area (Å²) < 4.78 is 37.5. The first-order valence-electron chi connectivity index (χ1n) is 7.49. The molecule has 1 aliphatic rings. The number of hydrogen-bond acceptors (Lipinski definition) is 4. The molecule has 0 saturated carbocycles. The molecule has 134 valence electrons. The second kappa shape index (κ2) is 6.72. The summed E-state index contributed by atoms with van der Waals surface area (Å²) in [7, 11) is 0. The highest BCUT2D eigenvalue weighted by Crippen LogP contribution is 2.33. The van der Waals surface area contributed by atoms with Crippen molar-refractivity contribution in [2.45, 2.75) is 51.3 Å². The van der Waals surface area contributed by atoms with Crippen LogP contribution in [0.4, 0.5) is 13.2 Å². The van der Waals surface area contributed by atoms with Gasteiger partial charge in [-0.2, -0.15) is 13.2 Å². The Labute approximate surface area is 141 Å². The van der Waals surface area contributed by atoms with Crippen LogP contribution in [0, 0.1) is 5.92 Å². The molecule has 2 atom stereocenters. The lowest BCUT2D eigenvalue weighted by atomic mass is 9.90. The number of carbonyl (C=O) groups excluding carboxylic acids is 2. The molecule has 0 unspecified atom stereocenters. The van der Waals surface area contributed by atoms with Crippen LogP contribution in [0.25, 0.3) is 0 Å². The van der Waals surface area contributed by atoms with Gasteiger partial charge in [0.2, 0.25) is 5.91 Å². The number of aliphatic hydroxyl groups is 1. The number of aryl methyl sites for hydroxylation is 1. The lowest BCUT2D eigenvalue weighted by Gasteiger charge is -2.25. The topological polar surface area (TPSA) is 78.4 Å². The van der Waals surface area contributed by atoms with Crippen molar-refractivity contribution in [2.75, 3.05) is 0 Å². The van der Waals surface area contributed by atoms with E-state index in [1.165, 1.54) is 11.3 Å². The highest BCUT2D eigenvalue weighted by molar-refractivity contribution is 7.14. The number of hydrazine groups is 1. The first-order chi connectivity index (χ1) is 11.0. The number of rotatable bonds is 3. The summed E-state index contributed by atoms with van der Waals surface area (Å²) in [5.41, 5.74) is 1.95. The number of alkyl halides is 3. The highest BCUT2D eigenvalue weighted by Gasteiger charge is 2.51. The fourth-order valence-electron chi connectivity index (χ4n) is 2.46. The van der Waals surface area contributed by atoms with Gasteiger partial charge in [-0.05, 0) is 43.7 Å². The normalized spacial score (nSPS) is 20.0. The zero-order valence-electron chi connectivity index (χ0n) is 13.3. The molecule has 1 aromatic rings. The van der Waals surface area contributed by atoms with Crippen LogP contribution in [-0.2, 0) is 17.6 Å². The van der Waals surface area contributed by atoms with Crippen molar-refractivity contribution in [3.05, 3.63) is 21.4 Å². The molecule has 3 N–H and O–H groups in total. The van der Waals surface area contributed by atoms with Crippen LogP contribution in [0.3, 0.4) is 0 Å². The third-order valence-electron chi connectivity index (χ3n) is 3.98. The van der Waals surface area contributed by atoms with Crippen LogP contribution in [-0.4, -0.2) is 28.7 Å². The van der Waals surface area contributed by atoms with Crippen molar-refractivity contribution < 1.29 is 27.9 Å².